The van der Waals surface area contributed by atoms with Crippen LogP contribution in [0.4, 0.5) is 5.69 Å². The number of hydrogen-bond acceptors (Lipinski definition) is 7. The Labute approximate surface area is 164 Å². The quantitative estimate of drug-likeness (QED) is 0.250. The second-order valence-electron chi connectivity index (χ2n) is 6.21. The summed E-state index contributed by atoms with van der Waals surface area (Å²) < 4.78 is 32.3. The third kappa shape index (κ3) is 5.96. The molecule has 28 heavy (non-hydrogen) atoms. The van der Waals surface area contributed by atoms with Crippen LogP contribution in [0.5, 0.6) is 0 Å². The van der Waals surface area contributed by atoms with Gasteiger partial charge in [0.05, 0.1) is 16.4 Å². The summed E-state index contributed by atoms with van der Waals surface area (Å²) in [7, 11) is -4.18. The van der Waals surface area contributed by atoms with Crippen molar-refractivity contribution < 1.29 is 27.7 Å². The second-order valence-corrected chi connectivity index (χ2v) is 8.05. The van der Waals surface area contributed by atoms with Crippen molar-refractivity contribution in [3.05, 3.63) is 46.5 Å². The number of nitrogens with zero attached hydrogens (tertiary/aromatic N) is 2. The highest BCUT2D eigenvalue weighted by atomic mass is 32.2. The number of sulfonamides is 1. The minimum Gasteiger partial charge on any atom is -0.465 e. The number of ether oxygens (including phenoxy) is 1. The fourth-order valence-electron chi connectivity index (χ4n) is 2.47. The minimum absolute atomic E-state index is 0.0411. The Morgan fingerprint density at radius 3 is 2.25 bits per heavy atom. The lowest BCUT2D eigenvalue weighted by atomic mass is 10.2. The van der Waals surface area contributed by atoms with Gasteiger partial charge in [0.25, 0.3) is 5.69 Å². The van der Waals surface area contributed by atoms with Crippen molar-refractivity contribution in [1.29, 1.82) is 0 Å². The van der Waals surface area contributed by atoms with E-state index in [1.807, 2.05) is 0 Å². The third-order valence-corrected chi connectivity index (χ3v) is 5.73. The van der Waals surface area contributed by atoms with Crippen LogP contribution < -0.4 is 0 Å². The van der Waals surface area contributed by atoms with Gasteiger partial charge in [-0.3, -0.25) is 14.9 Å². The van der Waals surface area contributed by atoms with E-state index in [4.69, 9.17) is 4.74 Å². The molecule has 154 valence electrons. The summed E-state index contributed by atoms with van der Waals surface area (Å²) in [6.45, 7) is 6.21. The molecular formula is C18H24N2O7S. The number of nitro benzene ring substituents is 1. The Hall–Kier alpha value is -2.59. The largest absolute Gasteiger partial charge is 0.465 e. The van der Waals surface area contributed by atoms with Crippen LogP contribution in [0.3, 0.4) is 0 Å². The Bertz CT molecular complexity index is 845. The first-order valence-electron chi connectivity index (χ1n) is 8.63. The lowest BCUT2D eigenvalue weighted by molar-refractivity contribution is -0.384. The van der Waals surface area contributed by atoms with Crippen molar-refractivity contribution in [2.24, 2.45) is 0 Å². The summed E-state index contributed by atoms with van der Waals surface area (Å²) in [5.74, 6) is -0.922. The molecule has 1 rings (SSSR count). The molecule has 0 saturated heterocycles. The fraction of sp³-hybridized carbons (Fsp3) is 0.444. The number of carbonyl (C=O) groups is 2. The predicted octanol–water partition coefficient (Wildman–Crippen LogP) is 2.46. The lowest BCUT2D eigenvalue weighted by Gasteiger charge is -2.30. The number of benzene rings is 1. The summed E-state index contributed by atoms with van der Waals surface area (Å²) in [4.78, 5) is 33.6. The maximum Gasteiger partial charge on any atom is 0.328 e. The normalized spacial score (nSPS) is 13.1. The number of non-ortho nitro benzene ring substituents is 1. The van der Waals surface area contributed by atoms with Crippen LogP contribution in [-0.2, 0) is 24.3 Å². The number of esters is 1. The van der Waals surface area contributed by atoms with Gasteiger partial charge >= 0.3 is 5.97 Å². The Kier molecular flexibility index (Phi) is 8.45. The molecule has 0 radical (unpaired) electrons. The van der Waals surface area contributed by atoms with Crippen molar-refractivity contribution in [3.63, 3.8) is 0 Å². The van der Waals surface area contributed by atoms with Crippen LogP contribution in [0.1, 0.15) is 34.1 Å². The van der Waals surface area contributed by atoms with Gasteiger partial charge in [-0.1, -0.05) is 12.2 Å². The van der Waals surface area contributed by atoms with Crippen molar-refractivity contribution in [3.8, 4) is 0 Å². The maximum absolute atomic E-state index is 13.1. The molecule has 0 bridgehead atoms. The zero-order valence-electron chi connectivity index (χ0n) is 16.2. The number of ketones is 1. The molecule has 0 heterocycles. The van der Waals surface area contributed by atoms with Crippen molar-refractivity contribution in [1.82, 2.24) is 4.31 Å². The summed E-state index contributed by atoms with van der Waals surface area (Å²) in [6, 6.07) is 2.48. The molecule has 0 N–H and O–H groups in total. The monoisotopic (exact) mass is 412 g/mol. The van der Waals surface area contributed by atoms with Gasteiger partial charge in [0.2, 0.25) is 10.0 Å². The highest BCUT2D eigenvalue weighted by Crippen LogP contribution is 2.24. The first-order valence-corrected chi connectivity index (χ1v) is 10.1. The zero-order chi connectivity index (χ0) is 21.5. The van der Waals surface area contributed by atoms with Gasteiger partial charge in [-0.05, 0) is 39.8 Å². The maximum atomic E-state index is 13.1. The molecule has 0 aliphatic carbocycles. The molecule has 1 aromatic carbocycles. The highest BCUT2D eigenvalue weighted by Gasteiger charge is 2.37. The molecule has 10 heteroatoms. The van der Waals surface area contributed by atoms with Gasteiger partial charge in [-0.2, -0.15) is 4.31 Å². The molecule has 0 aliphatic rings. The average Bonchev–Trinajstić information content (AvgIpc) is 2.60. The second kappa shape index (κ2) is 10.1. The topological polar surface area (TPSA) is 124 Å². The number of rotatable bonds is 10. The Balaban J connectivity index is 3.41. The third-order valence-electron chi connectivity index (χ3n) is 3.66. The first kappa shape index (κ1) is 23.4. The van der Waals surface area contributed by atoms with E-state index in [0.29, 0.717) is 0 Å². The van der Waals surface area contributed by atoms with Crippen LogP contribution in [0.2, 0.25) is 0 Å². The highest BCUT2D eigenvalue weighted by molar-refractivity contribution is 7.89. The van der Waals surface area contributed by atoms with Crippen molar-refractivity contribution in [2.45, 2.75) is 51.1 Å². The summed E-state index contributed by atoms with van der Waals surface area (Å²) in [6.07, 6.45) is 2.78. The fourth-order valence-corrected chi connectivity index (χ4v) is 4.20. The van der Waals surface area contributed by atoms with Crippen molar-refractivity contribution >= 4 is 27.5 Å². The van der Waals surface area contributed by atoms with E-state index in [1.54, 1.807) is 20.8 Å². The molecule has 9 nitrogen and oxygen atoms in total. The SMILES string of the molecule is CCOC(=O)[C@H](C=CCC(C)=O)N(C(C)C)S(=O)(=O)c1ccc([N+](=O)[O-])cc1. The van der Waals surface area contributed by atoms with E-state index in [2.05, 4.69) is 0 Å². The zero-order valence-corrected chi connectivity index (χ0v) is 17.0. The average molecular weight is 412 g/mol. The Morgan fingerprint density at radius 2 is 1.82 bits per heavy atom. The van der Waals surface area contributed by atoms with Gasteiger partial charge in [0, 0.05) is 24.6 Å². The number of Topliss-reactive ketones (excluding diaryl/α,β-unsaturated/α-hetero) is 1. The number of hydrogen-bond donors (Lipinski definition) is 0. The molecule has 0 amide bonds. The van der Waals surface area contributed by atoms with E-state index >= 15 is 0 Å². The van der Waals surface area contributed by atoms with Crippen molar-refractivity contribution in [2.75, 3.05) is 6.61 Å². The van der Waals surface area contributed by atoms with Crippen LogP contribution >= 0.6 is 0 Å². The molecule has 1 aromatic rings. The van der Waals surface area contributed by atoms with Crippen LogP contribution in [-0.4, -0.2) is 48.1 Å². The molecular weight excluding hydrogens is 388 g/mol. The lowest BCUT2D eigenvalue weighted by Crippen LogP contribution is -2.48. The smallest absolute Gasteiger partial charge is 0.328 e. The molecule has 1 atom stereocenters. The summed E-state index contributed by atoms with van der Waals surface area (Å²) in [5, 5.41) is 10.8. The van der Waals surface area contributed by atoms with Gasteiger partial charge in [-0.25, -0.2) is 13.2 Å². The molecule has 0 aromatic heterocycles. The molecule has 0 aliphatic heterocycles. The van der Waals surface area contributed by atoms with Crippen LogP contribution in [0.25, 0.3) is 0 Å². The standard InChI is InChI=1S/C18H24N2O7S/c1-5-27-18(22)17(8-6-7-14(4)21)19(13(2)3)28(25,26)16-11-9-15(10-12-16)20(23)24/h6,8-13,17H,5,7H2,1-4H3/t17-/m0/s1. The predicted molar refractivity (Wildman–Crippen MR) is 102 cm³/mol. The number of carbonyl (C=O) groups excluding carboxylic acids is 2. The number of nitro groups is 1. The van der Waals surface area contributed by atoms with Gasteiger partial charge in [0.1, 0.15) is 11.8 Å². The number of allylic oxidation sites excluding steroid dienone is 1. The molecule has 0 fully saturated rings. The van der Waals surface area contributed by atoms with E-state index in [9.17, 15) is 28.1 Å². The van der Waals surface area contributed by atoms with Crippen LogP contribution in [0, 0.1) is 10.1 Å². The van der Waals surface area contributed by atoms with E-state index in [0.717, 1.165) is 28.6 Å². The van der Waals surface area contributed by atoms with Gasteiger partial charge < -0.3 is 4.74 Å². The molecule has 0 unspecified atom stereocenters. The van der Waals surface area contributed by atoms with Gasteiger partial charge in [0.15, 0.2) is 0 Å². The summed E-state index contributed by atoms with van der Waals surface area (Å²) in [5.41, 5.74) is -0.252. The van der Waals surface area contributed by atoms with E-state index in [1.165, 1.54) is 19.1 Å². The Morgan fingerprint density at radius 1 is 1.25 bits per heavy atom. The van der Waals surface area contributed by atoms with E-state index in [-0.39, 0.29) is 29.4 Å². The summed E-state index contributed by atoms with van der Waals surface area (Å²) >= 11 is 0. The van der Waals surface area contributed by atoms with Crippen LogP contribution in [0.15, 0.2) is 41.3 Å². The first-order chi connectivity index (χ1) is 13.0. The minimum atomic E-state index is -4.18. The van der Waals surface area contributed by atoms with E-state index < -0.39 is 33.0 Å². The molecule has 0 saturated carbocycles. The van der Waals surface area contributed by atoms with Gasteiger partial charge in [-0.15, -0.1) is 0 Å². The molecule has 0 spiro atoms.